The lowest BCUT2D eigenvalue weighted by atomic mass is 10.2. The summed E-state index contributed by atoms with van der Waals surface area (Å²) in [5, 5.41) is 10.1. The molecular formula is C9H8N2O2. The Kier molecular flexibility index (Phi) is 1.48. The summed E-state index contributed by atoms with van der Waals surface area (Å²) in [5.41, 5.74) is 5.73. The van der Waals surface area contributed by atoms with Crippen LogP contribution >= 0.6 is 0 Å². The van der Waals surface area contributed by atoms with Gasteiger partial charge in [0.1, 0.15) is 5.75 Å². The molecule has 0 aliphatic carbocycles. The quantitative estimate of drug-likeness (QED) is 0.634. The van der Waals surface area contributed by atoms with Crippen LogP contribution in [0.15, 0.2) is 30.5 Å². The zero-order chi connectivity index (χ0) is 9.42. The smallest absolute Gasteiger partial charge is 0.323 e. The zero-order valence-corrected chi connectivity index (χ0v) is 6.77. The second-order valence-corrected chi connectivity index (χ2v) is 2.77. The van der Waals surface area contributed by atoms with E-state index in [1.165, 1.54) is 10.6 Å². The van der Waals surface area contributed by atoms with E-state index in [0.717, 1.165) is 5.39 Å². The molecule has 0 fully saturated rings. The van der Waals surface area contributed by atoms with Gasteiger partial charge in [-0.05, 0) is 18.2 Å². The maximum Gasteiger partial charge on any atom is 0.323 e. The Morgan fingerprint density at radius 3 is 2.85 bits per heavy atom. The Hall–Kier alpha value is -1.97. The molecule has 0 spiro atoms. The standard InChI is InChI=1S/C9H8N2O2/c10-9(13)11-4-3-6-1-2-7(12)5-8(6)11/h1-5,12H,(H2,10,13). The topological polar surface area (TPSA) is 68.2 Å². The van der Waals surface area contributed by atoms with Crippen molar-refractivity contribution >= 4 is 16.9 Å². The fourth-order valence-electron chi connectivity index (χ4n) is 1.31. The lowest BCUT2D eigenvalue weighted by Crippen LogP contribution is -2.17. The molecule has 0 saturated heterocycles. The highest BCUT2D eigenvalue weighted by Gasteiger charge is 2.04. The van der Waals surface area contributed by atoms with Crippen molar-refractivity contribution in [3.05, 3.63) is 30.5 Å². The minimum absolute atomic E-state index is 0.119. The fraction of sp³-hybridized carbons (Fsp3) is 0. The molecule has 4 heteroatoms. The Bertz CT molecular complexity index is 473. The molecule has 0 bridgehead atoms. The van der Waals surface area contributed by atoms with Crippen LogP contribution in [0.4, 0.5) is 4.79 Å². The highest BCUT2D eigenvalue weighted by molar-refractivity contribution is 5.91. The first-order chi connectivity index (χ1) is 6.18. The van der Waals surface area contributed by atoms with Gasteiger partial charge in [0.05, 0.1) is 5.52 Å². The summed E-state index contributed by atoms with van der Waals surface area (Å²) >= 11 is 0. The van der Waals surface area contributed by atoms with Crippen LogP contribution in [-0.4, -0.2) is 15.7 Å². The highest BCUT2D eigenvalue weighted by Crippen LogP contribution is 2.20. The molecule has 0 unspecified atom stereocenters. The summed E-state index contributed by atoms with van der Waals surface area (Å²) in [6, 6.07) is 6.00. The van der Waals surface area contributed by atoms with E-state index in [1.54, 1.807) is 24.4 Å². The Labute approximate surface area is 74.2 Å². The van der Waals surface area contributed by atoms with Gasteiger partial charge >= 0.3 is 6.03 Å². The van der Waals surface area contributed by atoms with Crippen molar-refractivity contribution in [1.82, 2.24) is 4.57 Å². The van der Waals surface area contributed by atoms with Gasteiger partial charge in [-0.1, -0.05) is 0 Å². The Balaban J connectivity index is 2.79. The molecule has 0 saturated carbocycles. The van der Waals surface area contributed by atoms with Crippen LogP contribution in [0.5, 0.6) is 5.75 Å². The number of phenols is 1. The second kappa shape index (κ2) is 2.52. The summed E-state index contributed by atoms with van der Waals surface area (Å²) in [7, 11) is 0. The number of phenolic OH excluding ortho intramolecular Hbond substituents is 1. The Morgan fingerprint density at radius 2 is 2.15 bits per heavy atom. The van der Waals surface area contributed by atoms with E-state index < -0.39 is 6.03 Å². The molecule has 1 aromatic carbocycles. The van der Waals surface area contributed by atoms with Crippen LogP contribution in [0.1, 0.15) is 0 Å². The second-order valence-electron chi connectivity index (χ2n) is 2.77. The number of hydrogen-bond donors (Lipinski definition) is 2. The van der Waals surface area contributed by atoms with Gasteiger partial charge in [0.15, 0.2) is 0 Å². The van der Waals surface area contributed by atoms with Gasteiger partial charge in [-0.2, -0.15) is 0 Å². The number of primary amides is 1. The molecule has 0 aliphatic rings. The number of amides is 1. The molecule has 0 atom stereocenters. The summed E-state index contributed by atoms with van der Waals surface area (Å²) in [6.45, 7) is 0. The maximum atomic E-state index is 10.9. The molecule has 1 amide bonds. The van der Waals surface area contributed by atoms with Crippen molar-refractivity contribution in [2.24, 2.45) is 5.73 Å². The largest absolute Gasteiger partial charge is 0.508 e. The average Bonchev–Trinajstić information content (AvgIpc) is 2.46. The molecule has 4 nitrogen and oxygen atoms in total. The van der Waals surface area contributed by atoms with E-state index >= 15 is 0 Å². The minimum Gasteiger partial charge on any atom is -0.508 e. The summed E-state index contributed by atoms with van der Waals surface area (Å²) in [6.07, 6.45) is 1.58. The molecule has 1 aromatic heterocycles. The van der Waals surface area contributed by atoms with Gasteiger partial charge in [-0.15, -0.1) is 0 Å². The number of aromatic nitrogens is 1. The number of benzene rings is 1. The third-order valence-corrected chi connectivity index (χ3v) is 1.91. The molecule has 66 valence electrons. The van der Waals surface area contributed by atoms with Gasteiger partial charge in [0.25, 0.3) is 0 Å². The minimum atomic E-state index is -0.555. The van der Waals surface area contributed by atoms with Gasteiger partial charge in [0, 0.05) is 17.6 Å². The van der Waals surface area contributed by atoms with E-state index in [4.69, 9.17) is 5.73 Å². The van der Waals surface area contributed by atoms with Crippen molar-refractivity contribution < 1.29 is 9.90 Å². The van der Waals surface area contributed by atoms with Gasteiger partial charge in [0.2, 0.25) is 0 Å². The number of nitrogens with two attached hydrogens (primary N) is 1. The number of rotatable bonds is 0. The number of hydrogen-bond acceptors (Lipinski definition) is 2. The van der Waals surface area contributed by atoms with Crippen molar-refractivity contribution in [2.45, 2.75) is 0 Å². The van der Waals surface area contributed by atoms with Crippen LogP contribution in [0, 0.1) is 0 Å². The van der Waals surface area contributed by atoms with Crippen LogP contribution in [0.3, 0.4) is 0 Å². The van der Waals surface area contributed by atoms with E-state index in [-0.39, 0.29) is 5.75 Å². The van der Waals surface area contributed by atoms with E-state index in [2.05, 4.69) is 0 Å². The highest BCUT2D eigenvalue weighted by atomic mass is 16.3. The van der Waals surface area contributed by atoms with Crippen LogP contribution in [-0.2, 0) is 0 Å². The predicted molar refractivity (Wildman–Crippen MR) is 48.6 cm³/mol. The molecular weight excluding hydrogens is 168 g/mol. The summed E-state index contributed by atoms with van der Waals surface area (Å²) in [4.78, 5) is 10.9. The molecule has 1 heterocycles. The van der Waals surface area contributed by atoms with Gasteiger partial charge in [-0.3, -0.25) is 4.57 Å². The SMILES string of the molecule is NC(=O)n1ccc2ccc(O)cc21. The number of fused-ring (bicyclic) bond motifs is 1. The third kappa shape index (κ3) is 1.12. The van der Waals surface area contributed by atoms with Crippen molar-refractivity contribution in [3.63, 3.8) is 0 Å². The van der Waals surface area contributed by atoms with Crippen molar-refractivity contribution in [3.8, 4) is 5.75 Å². The number of nitrogens with zero attached hydrogens (tertiary/aromatic N) is 1. The monoisotopic (exact) mass is 176 g/mol. The fourth-order valence-corrected chi connectivity index (χ4v) is 1.31. The molecule has 3 N–H and O–H groups in total. The molecule has 2 aromatic rings. The zero-order valence-electron chi connectivity index (χ0n) is 6.77. The molecule has 2 rings (SSSR count). The van der Waals surface area contributed by atoms with Gasteiger partial charge in [-0.25, -0.2) is 4.79 Å². The van der Waals surface area contributed by atoms with Crippen molar-refractivity contribution in [2.75, 3.05) is 0 Å². The first-order valence-corrected chi connectivity index (χ1v) is 3.78. The Morgan fingerprint density at radius 1 is 1.38 bits per heavy atom. The lowest BCUT2D eigenvalue weighted by molar-refractivity contribution is 0.251. The third-order valence-electron chi connectivity index (χ3n) is 1.91. The first-order valence-electron chi connectivity index (χ1n) is 3.78. The predicted octanol–water partition coefficient (Wildman–Crippen LogP) is 1.27. The van der Waals surface area contributed by atoms with E-state index in [0.29, 0.717) is 5.52 Å². The van der Waals surface area contributed by atoms with Crippen LogP contribution in [0.2, 0.25) is 0 Å². The maximum absolute atomic E-state index is 10.9. The normalized spacial score (nSPS) is 10.5. The van der Waals surface area contributed by atoms with Gasteiger partial charge < -0.3 is 10.8 Å². The van der Waals surface area contributed by atoms with Crippen LogP contribution in [0.25, 0.3) is 10.9 Å². The lowest BCUT2D eigenvalue weighted by Gasteiger charge is -1.98. The van der Waals surface area contributed by atoms with Crippen molar-refractivity contribution in [1.29, 1.82) is 0 Å². The molecule has 0 radical (unpaired) electrons. The number of carbonyl (C=O) groups is 1. The first kappa shape index (κ1) is 7.67. The van der Waals surface area contributed by atoms with Crippen LogP contribution < -0.4 is 5.73 Å². The molecule has 13 heavy (non-hydrogen) atoms. The average molecular weight is 176 g/mol. The van der Waals surface area contributed by atoms with E-state index in [1.807, 2.05) is 0 Å². The summed E-state index contributed by atoms with van der Waals surface area (Å²) in [5.74, 6) is 0.119. The molecule has 0 aliphatic heterocycles. The number of carbonyl (C=O) groups excluding carboxylic acids is 1. The van der Waals surface area contributed by atoms with E-state index in [9.17, 15) is 9.90 Å². The summed E-state index contributed by atoms with van der Waals surface area (Å²) < 4.78 is 1.29. The number of aromatic hydroxyl groups is 1.